The maximum atomic E-state index is 12.5. The van der Waals surface area contributed by atoms with E-state index in [4.69, 9.17) is 5.73 Å². The summed E-state index contributed by atoms with van der Waals surface area (Å²) in [5, 5.41) is 2.71. The Hall–Kier alpha value is -0.890. The molecule has 1 aliphatic heterocycles. The van der Waals surface area contributed by atoms with Gasteiger partial charge in [-0.3, -0.25) is 9.69 Å². The lowest BCUT2D eigenvalue weighted by atomic mass is 10.1. The predicted molar refractivity (Wildman–Crippen MR) is 87.8 cm³/mol. The van der Waals surface area contributed by atoms with Gasteiger partial charge in [-0.25, -0.2) is 0 Å². The van der Waals surface area contributed by atoms with Crippen molar-refractivity contribution in [3.05, 3.63) is 24.3 Å². The summed E-state index contributed by atoms with van der Waals surface area (Å²) in [6.07, 6.45) is 1.76. The van der Waals surface area contributed by atoms with Gasteiger partial charge in [0.25, 0.3) is 5.76 Å². The number of likely N-dealkylation sites (tertiary alicyclic amines) is 1. The van der Waals surface area contributed by atoms with E-state index in [0.29, 0.717) is 22.3 Å². The summed E-state index contributed by atoms with van der Waals surface area (Å²) in [5.74, 6) is -2.69. The largest absolute Gasteiger partial charge is 0.328 e. The van der Waals surface area contributed by atoms with Crippen LogP contribution < -0.4 is 11.1 Å². The van der Waals surface area contributed by atoms with E-state index in [1.165, 1.54) is 0 Å². The Labute approximate surface area is 139 Å². The summed E-state index contributed by atoms with van der Waals surface area (Å²) in [6, 6.07) is 6.81. The highest BCUT2D eigenvalue weighted by Gasteiger charge is 2.19. The van der Waals surface area contributed by atoms with Crippen molar-refractivity contribution in [2.24, 2.45) is 5.73 Å². The number of thioether (sulfide) groups is 1. The molecule has 1 amide bonds. The number of halogens is 3. The lowest BCUT2D eigenvalue weighted by Crippen LogP contribution is -2.43. The molecule has 0 aromatic heterocycles. The number of hydrogen-bond acceptors (Lipinski definition) is 4. The summed E-state index contributed by atoms with van der Waals surface area (Å²) in [4.78, 5) is 14.4. The van der Waals surface area contributed by atoms with Crippen LogP contribution in [0.15, 0.2) is 29.2 Å². The number of piperidine rings is 1. The van der Waals surface area contributed by atoms with Gasteiger partial charge in [-0.1, -0.05) is 23.9 Å². The lowest BCUT2D eigenvalue weighted by Gasteiger charge is -2.29. The van der Waals surface area contributed by atoms with Gasteiger partial charge in [-0.15, -0.1) is 12.4 Å². The summed E-state index contributed by atoms with van der Waals surface area (Å²) in [7, 11) is 0. The minimum absolute atomic E-state index is 0. The van der Waals surface area contributed by atoms with Crippen LogP contribution in [0.1, 0.15) is 12.8 Å². The average molecular weight is 352 g/mol. The molecule has 22 heavy (non-hydrogen) atoms. The van der Waals surface area contributed by atoms with E-state index in [1.807, 2.05) is 4.90 Å². The third-order valence-electron chi connectivity index (χ3n) is 3.38. The fraction of sp³-hybridized carbons (Fsp3) is 0.500. The molecule has 8 heteroatoms. The fourth-order valence-electron chi connectivity index (χ4n) is 2.27. The van der Waals surface area contributed by atoms with Crippen molar-refractivity contribution in [3.8, 4) is 0 Å². The molecule has 124 valence electrons. The lowest BCUT2D eigenvalue weighted by molar-refractivity contribution is -0.117. The molecule has 0 bridgehead atoms. The maximum absolute atomic E-state index is 12.5. The molecule has 1 aromatic carbocycles. The average Bonchev–Trinajstić information content (AvgIpc) is 2.43. The molecule has 1 aliphatic rings. The smallest absolute Gasteiger partial charge is 0.288 e. The number of benzene rings is 1. The molecule has 3 N–H and O–H groups in total. The quantitative estimate of drug-likeness (QED) is 0.801. The molecule has 0 atom stereocenters. The van der Waals surface area contributed by atoms with Crippen molar-refractivity contribution in [2.45, 2.75) is 29.5 Å². The van der Waals surface area contributed by atoms with Gasteiger partial charge in [0.1, 0.15) is 0 Å². The van der Waals surface area contributed by atoms with Crippen molar-refractivity contribution in [1.82, 2.24) is 4.90 Å². The van der Waals surface area contributed by atoms with Crippen molar-refractivity contribution < 1.29 is 13.6 Å². The van der Waals surface area contributed by atoms with Crippen LogP contribution in [0, 0.1) is 0 Å². The van der Waals surface area contributed by atoms with E-state index in [-0.39, 0.29) is 30.9 Å². The molecule has 2 rings (SSSR count). The molecule has 1 aromatic rings. The third-order valence-corrected chi connectivity index (χ3v) is 4.16. The zero-order chi connectivity index (χ0) is 15.2. The second kappa shape index (κ2) is 9.29. The zero-order valence-corrected chi connectivity index (χ0v) is 13.6. The van der Waals surface area contributed by atoms with Gasteiger partial charge in [-0.05, 0) is 25.0 Å². The van der Waals surface area contributed by atoms with E-state index in [0.717, 1.165) is 25.9 Å². The van der Waals surface area contributed by atoms with Crippen molar-refractivity contribution in [2.75, 3.05) is 25.0 Å². The second-order valence-corrected chi connectivity index (χ2v) is 6.07. The van der Waals surface area contributed by atoms with Crippen LogP contribution in [0.4, 0.5) is 14.5 Å². The predicted octanol–water partition coefficient (Wildman–Crippen LogP) is 2.78. The highest BCUT2D eigenvalue weighted by molar-refractivity contribution is 7.99. The topological polar surface area (TPSA) is 58.4 Å². The normalized spacial score (nSPS) is 16.4. The van der Waals surface area contributed by atoms with Gasteiger partial charge in [0.15, 0.2) is 0 Å². The Balaban J connectivity index is 0.00000242. The molecule has 0 unspecified atom stereocenters. The number of anilines is 1. The first-order valence-electron chi connectivity index (χ1n) is 6.86. The van der Waals surface area contributed by atoms with E-state index in [1.54, 1.807) is 24.3 Å². The van der Waals surface area contributed by atoms with Gasteiger partial charge in [0.05, 0.1) is 12.2 Å². The first-order valence-corrected chi connectivity index (χ1v) is 7.74. The van der Waals surface area contributed by atoms with E-state index >= 15 is 0 Å². The molecular weight excluding hydrogens is 332 g/mol. The number of nitrogens with two attached hydrogens (primary N) is 1. The summed E-state index contributed by atoms with van der Waals surface area (Å²) in [6.45, 7) is 1.85. The highest BCUT2D eigenvalue weighted by Crippen LogP contribution is 2.31. The Morgan fingerprint density at radius 1 is 1.36 bits per heavy atom. The minimum Gasteiger partial charge on any atom is -0.328 e. The van der Waals surface area contributed by atoms with Crippen LogP contribution >= 0.6 is 24.2 Å². The number of carbonyl (C=O) groups is 1. The number of amides is 1. The Bertz CT molecular complexity index is 485. The monoisotopic (exact) mass is 351 g/mol. The van der Waals surface area contributed by atoms with E-state index < -0.39 is 5.76 Å². The van der Waals surface area contributed by atoms with Crippen LogP contribution in [-0.4, -0.2) is 42.2 Å². The van der Waals surface area contributed by atoms with Gasteiger partial charge in [0, 0.05) is 24.0 Å². The van der Waals surface area contributed by atoms with Crippen molar-refractivity contribution in [3.63, 3.8) is 0 Å². The number of carbonyl (C=O) groups excluding carboxylic acids is 1. The number of nitrogens with one attached hydrogen (secondary N) is 1. The van der Waals surface area contributed by atoms with Crippen LogP contribution in [-0.2, 0) is 4.79 Å². The summed E-state index contributed by atoms with van der Waals surface area (Å²) >= 11 is 0.435. The second-order valence-electron chi connectivity index (χ2n) is 5.04. The number of hydrogen-bond donors (Lipinski definition) is 2. The van der Waals surface area contributed by atoms with Gasteiger partial charge in [0.2, 0.25) is 5.91 Å². The molecule has 1 fully saturated rings. The molecule has 0 aliphatic carbocycles. The first kappa shape index (κ1) is 19.2. The minimum atomic E-state index is -2.51. The van der Waals surface area contributed by atoms with Crippen LogP contribution in [0.3, 0.4) is 0 Å². The molecule has 1 saturated heterocycles. The highest BCUT2D eigenvalue weighted by atomic mass is 35.5. The van der Waals surface area contributed by atoms with Crippen molar-refractivity contribution >= 4 is 35.8 Å². The SMILES string of the molecule is Cl.NC1CCN(CC(=O)Nc2ccccc2SC(F)F)CC1. The third kappa shape index (κ3) is 6.08. The van der Waals surface area contributed by atoms with Gasteiger partial charge < -0.3 is 11.1 Å². The molecule has 0 spiro atoms. The standard InChI is InChI=1S/C14H19F2N3OS.ClH/c15-14(16)21-12-4-2-1-3-11(12)18-13(20)9-19-7-5-10(17)6-8-19;/h1-4,10,14H,5-9,17H2,(H,18,20);1H. The summed E-state index contributed by atoms with van der Waals surface area (Å²) < 4.78 is 25.0. The zero-order valence-electron chi connectivity index (χ0n) is 12.0. The van der Waals surface area contributed by atoms with Crippen molar-refractivity contribution in [1.29, 1.82) is 0 Å². The number of alkyl halides is 2. The summed E-state index contributed by atoms with van der Waals surface area (Å²) in [5.41, 5.74) is 6.25. The first-order chi connectivity index (χ1) is 10.0. The van der Waals surface area contributed by atoms with Gasteiger partial charge in [-0.2, -0.15) is 8.78 Å². The van der Waals surface area contributed by atoms with Crippen LogP contribution in [0.2, 0.25) is 0 Å². The number of para-hydroxylation sites is 1. The Kier molecular flexibility index (Phi) is 8.09. The maximum Gasteiger partial charge on any atom is 0.288 e. The fourth-order valence-corrected chi connectivity index (χ4v) is 2.87. The molecule has 0 radical (unpaired) electrons. The molecule has 4 nitrogen and oxygen atoms in total. The van der Waals surface area contributed by atoms with Gasteiger partial charge >= 0.3 is 0 Å². The van der Waals surface area contributed by atoms with E-state index in [9.17, 15) is 13.6 Å². The molecule has 1 heterocycles. The van der Waals surface area contributed by atoms with Crippen LogP contribution in [0.25, 0.3) is 0 Å². The number of nitrogens with zero attached hydrogens (tertiary/aromatic N) is 1. The Morgan fingerprint density at radius 3 is 2.64 bits per heavy atom. The molecule has 0 saturated carbocycles. The number of rotatable bonds is 5. The van der Waals surface area contributed by atoms with Crippen LogP contribution in [0.5, 0.6) is 0 Å². The van der Waals surface area contributed by atoms with E-state index in [2.05, 4.69) is 5.32 Å². The Morgan fingerprint density at radius 2 is 2.00 bits per heavy atom. The molecular formula is C14H20ClF2N3OS.